The van der Waals surface area contributed by atoms with Gasteiger partial charge in [0.2, 0.25) is 12.0 Å². The fourth-order valence-corrected chi connectivity index (χ4v) is 2.61. The molecule has 0 aromatic heterocycles. The van der Waals surface area contributed by atoms with Gasteiger partial charge < -0.3 is 14.7 Å². The van der Waals surface area contributed by atoms with E-state index in [1.54, 1.807) is 23.1 Å². The summed E-state index contributed by atoms with van der Waals surface area (Å²) in [5.41, 5.74) is 0.655. The van der Waals surface area contributed by atoms with Crippen LogP contribution in [-0.4, -0.2) is 29.6 Å². The van der Waals surface area contributed by atoms with Gasteiger partial charge in [-0.3, -0.25) is 4.79 Å². The third-order valence-electron chi connectivity index (χ3n) is 3.67. The monoisotopic (exact) mass is 273 g/mol. The SMILES string of the molecule is O=C(O)C1CN(C(=O)C2CC=CC2)c2ccccc2O1. The highest BCUT2D eigenvalue weighted by Crippen LogP contribution is 2.35. The number of para-hydroxylation sites is 2. The van der Waals surface area contributed by atoms with Gasteiger partial charge >= 0.3 is 5.97 Å². The Labute approximate surface area is 116 Å². The van der Waals surface area contributed by atoms with Crippen LogP contribution in [0.5, 0.6) is 5.75 Å². The van der Waals surface area contributed by atoms with Crippen molar-refractivity contribution < 1.29 is 19.4 Å². The molecule has 1 N–H and O–H groups in total. The molecule has 0 spiro atoms. The van der Waals surface area contributed by atoms with Gasteiger partial charge in [0.05, 0.1) is 12.2 Å². The molecule has 3 rings (SSSR count). The molecule has 0 radical (unpaired) electrons. The molecule has 0 bridgehead atoms. The number of allylic oxidation sites excluding steroid dienone is 2. The van der Waals surface area contributed by atoms with Crippen LogP contribution in [0.2, 0.25) is 0 Å². The summed E-state index contributed by atoms with van der Waals surface area (Å²) in [6, 6.07) is 7.06. The van der Waals surface area contributed by atoms with Crippen LogP contribution in [0, 0.1) is 5.92 Å². The van der Waals surface area contributed by atoms with Crippen molar-refractivity contribution >= 4 is 17.6 Å². The number of hydrogen-bond donors (Lipinski definition) is 1. The molecule has 5 heteroatoms. The number of carbonyl (C=O) groups is 2. The minimum Gasteiger partial charge on any atom is -0.478 e. The lowest BCUT2D eigenvalue weighted by Crippen LogP contribution is -2.48. The first kappa shape index (κ1) is 12.7. The van der Waals surface area contributed by atoms with Crippen LogP contribution >= 0.6 is 0 Å². The van der Waals surface area contributed by atoms with Crippen LogP contribution in [0.1, 0.15) is 12.8 Å². The summed E-state index contributed by atoms with van der Waals surface area (Å²) < 4.78 is 5.43. The minimum absolute atomic E-state index is 0.0306. The van der Waals surface area contributed by atoms with E-state index in [4.69, 9.17) is 9.84 Å². The Hall–Kier alpha value is -2.30. The number of rotatable bonds is 2. The highest BCUT2D eigenvalue weighted by molar-refractivity contribution is 5.98. The van der Waals surface area contributed by atoms with E-state index in [2.05, 4.69) is 0 Å². The summed E-state index contributed by atoms with van der Waals surface area (Å²) >= 11 is 0. The summed E-state index contributed by atoms with van der Waals surface area (Å²) in [6.45, 7) is 0.0572. The van der Waals surface area contributed by atoms with Gasteiger partial charge in [-0.15, -0.1) is 0 Å². The second-order valence-corrected chi connectivity index (χ2v) is 5.00. The van der Waals surface area contributed by atoms with E-state index < -0.39 is 12.1 Å². The summed E-state index contributed by atoms with van der Waals surface area (Å²) in [6.07, 6.45) is 4.41. The molecule has 0 saturated carbocycles. The molecular weight excluding hydrogens is 258 g/mol. The molecule has 0 saturated heterocycles. The van der Waals surface area contributed by atoms with Gasteiger partial charge in [-0.05, 0) is 25.0 Å². The number of carbonyl (C=O) groups excluding carboxylic acids is 1. The highest BCUT2D eigenvalue weighted by atomic mass is 16.5. The predicted octanol–water partition coefficient (Wildman–Crippen LogP) is 1.83. The minimum atomic E-state index is -1.05. The Bertz CT molecular complexity index is 573. The topological polar surface area (TPSA) is 66.8 Å². The van der Waals surface area contributed by atoms with Crippen LogP contribution < -0.4 is 9.64 Å². The number of fused-ring (bicyclic) bond motifs is 1. The highest BCUT2D eigenvalue weighted by Gasteiger charge is 2.36. The normalized spacial score (nSPS) is 21.4. The predicted molar refractivity (Wildman–Crippen MR) is 72.7 cm³/mol. The number of carboxylic acids is 1. The van der Waals surface area contributed by atoms with Crippen molar-refractivity contribution in [1.29, 1.82) is 0 Å². The molecule has 0 fully saturated rings. The van der Waals surface area contributed by atoms with Crippen molar-refractivity contribution in [1.82, 2.24) is 0 Å². The second-order valence-electron chi connectivity index (χ2n) is 5.00. The fraction of sp³-hybridized carbons (Fsp3) is 0.333. The average Bonchev–Trinajstić information content (AvgIpc) is 2.99. The summed E-state index contributed by atoms with van der Waals surface area (Å²) in [5, 5.41) is 9.15. The quantitative estimate of drug-likeness (QED) is 0.835. The van der Waals surface area contributed by atoms with Crippen LogP contribution in [0.3, 0.4) is 0 Å². The Morgan fingerprint density at radius 1 is 1.20 bits per heavy atom. The molecule has 1 unspecified atom stereocenters. The molecule has 1 aliphatic carbocycles. The van der Waals surface area contributed by atoms with Gasteiger partial charge in [0.15, 0.2) is 0 Å². The number of anilines is 1. The second kappa shape index (κ2) is 5.00. The van der Waals surface area contributed by atoms with Crippen LogP contribution in [0.25, 0.3) is 0 Å². The molecule has 1 aromatic rings. The van der Waals surface area contributed by atoms with E-state index in [1.165, 1.54) is 0 Å². The maximum Gasteiger partial charge on any atom is 0.346 e. The van der Waals surface area contributed by atoms with Gasteiger partial charge in [-0.1, -0.05) is 24.3 Å². The smallest absolute Gasteiger partial charge is 0.346 e. The van der Waals surface area contributed by atoms with E-state index in [-0.39, 0.29) is 18.4 Å². The molecule has 1 amide bonds. The number of aliphatic carboxylic acids is 1. The van der Waals surface area contributed by atoms with Gasteiger partial charge in [0.25, 0.3) is 0 Å². The van der Waals surface area contributed by atoms with Crippen molar-refractivity contribution in [2.24, 2.45) is 5.92 Å². The molecular formula is C15H15NO4. The molecule has 104 valence electrons. The van der Waals surface area contributed by atoms with Crippen LogP contribution in [0.15, 0.2) is 36.4 Å². The van der Waals surface area contributed by atoms with E-state index in [0.717, 1.165) is 12.8 Å². The van der Waals surface area contributed by atoms with Gasteiger partial charge in [-0.25, -0.2) is 4.79 Å². The van der Waals surface area contributed by atoms with E-state index >= 15 is 0 Å². The third kappa shape index (κ3) is 2.15. The first-order valence-corrected chi connectivity index (χ1v) is 6.61. The molecule has 20 heavy (non-hydrogen) atoms. The summed E-state index contributed by atoms with van der Waals surface area (Å²) in [7, 11) is 0. The van der Waals surface area contributed by atoms with E-state index in [1.807, 2.05) is 18.2 Å². The molecule has 1 aromatic carbocycles. The largest absolute Gasteiger partial charge is 0.478 e. The van der Waals surface area contributed by atoms with Gasteiger partial charge in [-0.2, -0.15) is 0 Å². The van der Waals surface area contributed by atoms with Crippen molar-refractivity contribution in [2.45, 2.75) is 18.9 Å². The number of benzene rings is 1. The molecule has 1 aliphatic heterocycles. The molecule has 2 aliphatic rings. The first-order valence-electron chi connectivity index (χ1n) is 6.61. The van der Waals surface area contributed by atoms with Crippen molar-refractivity contribution in [3.63, 3.8) is 0 Å². The summed E-state index contributed by atoms with van der Waals surface area (Å²) in [5.74, 6) is -0.722. The Morgan fingerprint density at radius 2 is 1.90 bits per heavy atom. The Morgan fingerprint density at radius 3 is 2.60 bits per heavy atom. The van der Waals surface area contributed by atoms with Crippen molar-refractivity contribution in [2.75, 3.05) is 11.4 Å². The maximum absolute atomic E-state index is 12.6. The fourth-order valence-electron chi connectivity index (χ4n) is 2.61. The number of hydrogen-bond acceptors (Lipinski definition) is 3. The van der Waals surface area contributed by atoms with Gasteiger partial charge in [0.1, 0.15) is 5.75 Å². The molecule has 1 heterocycles. The standard InChI is InChI=1S/C15H15NO4/c17-14(10-5-1-2-6-10)16-9-13(15(18)19)20-12-8-4-3-7-11(12)16/h1-4,7-8,10,13H,5-6,9H2,(H,18,19). The number of carboxylic acid groups (broad SMARTS) is 1. The molecule has 5 nitrogen and oxygen atoms in total. The van der Waals surface area contributed by atoms with Crippen LogP contribution in [-0.2, 0) is 9.59 Å². The Balaban J connectivity index is 1.92. The number of amides is 1. The van der Waals surface area contributed by atoms with Crippen molar-refractivity contribution in [3.05, 3.63) is 36.4 Å². The lowest BCUT2D eigenvalue weighted by atomic mass is 10.0. The zero-order valence-corrected chi connectivity index (χ0v) is 10.9. The summed E-state index contributed by atoms with van der Waals surface area (Å²) in [4.78, 5) is 25.3. The lowest BCUT2D eigenvalue weighted by Gasteiger charge is -2.34. The number of ether oxygens (including phenoxy) is 1. The zero-order chi connectivity index (χ0) is 14.1. The number of nitrogens with zero attached hydrogens (tertiary/aromatic N) is 1. The maximum atomic E-state index is 12.6. The van der Waals surface area contributed by atoms with E-state index in [0.29, 0.717) is 11.4 Å². The lowest BCUT2D eigenvalue weighted by molar-refractivity contribution is -0.145. The first-order chi connectivity index (χ1) is 9.66. The van der Waals surface area contributed by atoms with Crippen LogP contribution in [0.4, 0.5) is 5.69 Å². The zero-order valence-electron chi connectivity index (χ0n) is 10.9. The average molecular weight is 273 g/mol. The third-order valence-corrected chi connectivity index (χ3v) is 3.67. The van der Waals surface area contributed by atoms with Crippen molar-refractivity contribution in [3.8, 4) is 5.75 Å². The van der Waals surface area contributed by atoms with Gasteiger partial charge in [0, 0.05) is 5.92 Å². The molecule has 1 atom stereocenters. The Kier molecular flexibility index (Phi) is 3.18. The van der Waals surface area contributed by atoms with E-state index in [9.17, 15) is 9.59 Å².